The number of aliphatic carboxylic acids is 1. The average Bonchev–Trinajstić information content (AvgIpc) is 2.92. The smallest absolute Gasteiger partial charge is 0.341 e. The highest BCUT2D eigenvalue weighted by Gasteiger charge is 2.32. The number of carboxylic acid groups (broad SMARTS) is 1. The molecule has 1 fully saturated rings. The molecule has 1 aliphatic rings. The van der Waals surface area contributed by atoms with Crippen LogP contribution in [-0.2, 0) is 9.59 Å². The SMILES string of the molecule is CC1(CC(=O)N/N=C\c2ccc(OCC(=O)O)cc2)SCCS1. The molecule has 0 aliphatic carbocycles. The first-order chi connectivity index (χ1) is 11.0. The van der Waals surface area contributed by atoms with Gasteiger partial charge in [0.15, 0.2) is 6.61 Å². The summed E-state index contributed by atoms with van der Waals surface area (Å²) in [4.78, 5) is 22.3. The van der Waals surface area contributed by atoms with Crippen LogP contribution in [-0.4, -0.2) is 45.4 Å². The van der Waals surface area contributed by atoms with Crippen molar-refractivity contribution < 1.29 is 19.4 Å². The lowest BCUT2D eigenvalue weighted by molar-refractivity contribution is -0.139. The first-order valence-electron chi connectivity index (χ1n) is 7.01. The topological polar surface area (TPSA) is 88.0 Å². The lowest BCUT2D eigenvalue weighted by Gasteiger charge is -2.19. The van der Waals surface area contributed by atoms with Crippen LogP contribution in [0.3, 0.4) is 0 Å². The van der Waals surface area contributed by atoms with Crippen LogP contribution >= 0.6 is 23.5 Å². The predicted octanol–water partition coefficient (Wildman–Crippen LogP) is 2.19. The van der Waals surface area contributed by atoms with Crippen molar-refractivity contribution in [3.63, 3.8) is 0 Å². The monoisotopic (exact) mass is 354 g/mol. The summed E-state index contributed by atoms with van der Waals surface area (Å²) in [6.07, 6.45) is 1.97. The van der Waals surface area contributed by atoms with Gasteiger partial charge in [0, 0.05) is 11.5 Å². The fourth-order valence-electron chi connectivity index (χ4n) is 1.96. The van der Waals surface area contributed by atoms with E-state index in [1.165, 1.54) is 6.21 Å². The van der Waals surface area contributed by atoms with Gasteiger partial charge in [0.25, 0.3) is 0 Å². The van der Waals surface area contributed by atoms with E-state index >= 15 is 0 Å². The van der Waals surface area contributed by atoms with Crippen LogP contribution in [0.25, 0.3) is 0 Å². The zero-order valence-corrected chi connectivity index (χ0v) is 14.3. The van der Waals surface area contributed by atoms with E-state index in [0.29, 0.717) is 12.2 Å². The van der Waals surface area contributed by atoms with Crippen molar-refractivity contribution in [2.24, 2.45) is 5.10 Å². The average molecular weight is 354 g/mol. The molecule has 0 unspecified atom stereocenters. The van der Waals surface area contributed by atoms with Gasteiger partial charge in [-0.3, -0.25) is 4.79 Å². The van der Waals surface area contributed by atoms with Crippen LogP contribution in [0.15, 0.2) is 29.4 Å². The minimum atomic E-state index is -1.02. The zero-order chi connectivity index (χ0) is 16.7. The third-order valence-electron chi connectivity index (χ3n) is 3.03. The van der Waals surface area contributed by atoms with Gasteiger partial charge >= 0.3 is 5.97 Å². The molecule has 1 aromatic carbocycles. The fourth-order valence-corrected chi connectivity index (χ4v) is 4.79. The third kappa shape index (κ3) is 6.15. The van der Waals surface area contributed by atoms with Gasteiger partial charge in [0.1, 0.15) is 5.75 Å². The number of benzene rings is 1. The number of carbonyl (C=O) groups excluding carboxylic acids is 1. The summed E-state index contributed by atoms with van der Waals surface area (Å²) in [6, 6.07) is 6.77. The van der Waals surface area contributed by atoms with Gasteiger partial charge in [-0.05, 0) is 36.8 Å². The Balaban J connectivity index is 1.78. The number of hydrogen-bond donors (Lipinski definition) is 2. The number of carboxylic acids is 1. The quantitative estimate of drug-likeness (QED) is 0.576. The molecule has 0 saturated carbocycles. The summed E-state index contributed by atoms with van der Waals surface area (Å²) in [7, 11) is 0. The maximum atomic E-state index is 11.9. The lowest BCUT2D eigenvalue weighted by atomic mass is 10.2. The second-order valence-corrected chi connectivity index (χ2v) is 8.51. The largest absolute Gasteiger partial charge is 0.482 e. The zero-order valence-electron chi connectivity index (χ0n) is 12.7. The third-order valence-corrected chi connectivity index (χ3v) is 6.32. The number of nitrogens with zero attached hydrogens (tertiary/aromatic N) is 1. The standard InChI is InChI=1S/C15H18N2O4S2/c1-15(22-6-7-23-15)8-13(18)17-16-9-11-2-4-12(5-3-11)21-10-14(19)20/h2-5,9H,6-8,10H2,1H3,(H,17,18)(H,19,20)/b16-9-. The van der Waals surface area contributed by atoms with Gasteiger partial charge in [-0.15, -0.1) is 23.5 Å². The van der Waals surface area contributed by atoms with Crippen LogP contribution in [0.5, 0.6) is 5.75 Å². The highest BCUT2D eigenvalue weighted by molar-refractivity contribution is 8.21. The molecule has 0 spiro atoms. The molecule has 0 aromatic heterocycles. The van der Waals surface area contributed by atoms with Crippen LogP contribution in [0.4, 0.5) is 0 Å². The summed E-state index contributed by atoms with van der Waals surface area (Å²) in [6.45, 7) is 1.70. The van der Waals surface area contributed by atoms with E-state index in [-0.39, 0.29) is 16.6 Å². The Morgan fingerprint density at radius 1 is 1.35 bits per heavy atom. The summed E-state index contributed by atoms with van der Waals surface area (Å²) < 4.78 is 4.98. The molecule has 1 saturated heterocycles. The number of amides is 1. The molecular weight excluding hydrogens is 336 g/mol. The first kappa shape index (κ1) is 17.7. The number of thioether (sulfide) groups is 2. The Morgan fingerprint density at radius 2 is 2.00 bits per heavy atom. The van der Waals surface area contributed by atoms with Crippen LogP contribution in [0, 0.1) is 0 Å². The van der Waals surface area contributed by atoms with Gasteiger partial charge in [0.05, 0.1) is 16.7 Å². The van der Waals surface area contributed by atoms with Crippen molar-refractivity contribution in [2.45, 2.75) is 17.4 Å². The van der Waals surface area contributed by atoms with Crippen LogP contribution < -0.4 is 10.2 Å². The van der Waals surface area contributed by atoms with E-state index in [1.807, 2.05) is 0 Å². The number of hydrazone groups is 1. The molecule has 1 aromatic rings. The molecule has 0 radical (unpaired) electrons. The van der Waals surface area contributed by atoms with Gasteiger partial charge in [-0.1, -0.05) is 0 Å². The fraction of sp³-hybridized carbons (Fsp3) is 0.400. The van der Waals surface area contributed by atoms with E-state index in [0.717, 1.165) is 17.1 Å². The number of ether oxygens (including phenoxy) is 1. The van der Waals surface area contributed by atoms with Crippen LogP contribution in [0.1, 0.15) is 18.9 Å². The summed E-state index contributed by atoms with van der Waals surface area (Å²) in [5.41, 5.74) is 3.31. The molecule has 2 N–H and O–H groups in total. The minimum Gasteiger partial charge on any atom is -0.482 e. The molecule has 1 amide bonds. The summed E-state index contributed by atoms with van der Waals surface area (Å²) in [5.74, 6) is 1.50. The van der Waals surface area contributed by atoms with Gasteiger partial charge < -0.3 is 9.84 Å². The Bertz CT molecular complexity index is 584. The Kier molecular flexibility index (Phi) is 6.35. The molecule has 23 heavy (non-hydrogen) atoms. The molecule has 0 atom stereocenters. The molecular formula is C15H18N2O4S2. The highest BCUT2D eigenvalue weighted by Crippen LogP contribution is 2.45. The number of nitrogens with one attached hydrogen (secondary N) is 1. The van der Waals surface area contributed by atoms with Crippen molar-refractivity contribution in [1.82, 2.24) is 5.43 Å². The van der Waals surface area contributed by atoms with Crippen molar-refractivity contribution in [2.75, 3.05) is 18.1 Å². The second-order valence-electron chi connectivity index (χ2n) is 5.05. The number of carbonyl (C=O) groups is 2. The van der Waals surface area contributed by atoms with Gasteiger partial charge in [-0.25, -0.2) is 10.2 Å². The number of hydrogen-bond acceptors (Lipinski definition) is 6. The molecule has 8 heteroatoms. The molecule has 124 valence electrons. The maximum absolute atomic E-state index is 11.9. The van der Waals surface area contributed by atoms with E-state index in [2.05, 4.69) is 17.5 Å². The van der Waals surface area contributed by atoms with E-state index in [1.54, 1.807) is 47.8 Å². The number of rotatable bonds is 7. The minimum absolute atomic E-state index is 0.0528. The molecule has 1 heterocycles. The molecule has 6 nitrogen and oxygen atoms in total. The van der Waals surface area contributed by atoms with E-state index < -0.39 is 5.97 Å². The summed E-state index contributed by atoms with van der Waals surface area (Å²) >= 11 is 3.61. The normalized spacial score (nSPS) is 16.4. The lowest BCUT2D eigenvalue weighted by Crippen LogP contribution is -2.26. The van der Waals surface area contributed by atoms with Gasteiger partial charge in [0.2, 0.25) is 5.91 Å². The van der Waals surface area contributed by atoms with Crippen molar-refractivity contribution in [3.8, 4) is 5.75 Å². The molecule has 1 aliphatic heterocycles. The van der Waals surface area contributed by atoms with E-state index in [9.17, 15) is 9.59 Å². The van der Waals surface area contributed by atoms with Crippen molar-refractivity contribution in [3.05, 3.63) is 29.8 Å². The van der Waals surface area contributed by atoms with Crippen molar-refractivity contribution >= 4 is 41.6 Å². The Labute approximate surface area is 143 Å². The Morgan fingerprint density at radius 3 is 2.61 bits per heavy atom. The molecule has 2 rings (SSSR count). The molecule has 0 bridgehead atoms. The van der Waals surface area contributed by atoms with Crippen LogP contribution in [0.2, 0.25) is 0 Å². The maximum Gasteiger partial charge on any atom is 0.341 e. The van der Waals surface area contributed by atoms with Gasteiger partial charge in [-0.2, -0.15) is 5.10 Å². The van der Waals surface area contributed by atoms with Crippen molar-refractivity contribution in [1.29, 1.82) is 0 Å². The Hall–Kier alpha value is -1.67. The predicted molar refractivity (Wildman–Crippen MR) is 93.2 cm³/mol. The summed E-state index contributed by atoms with van der Waals surface area (Å²) in [5, 5.41) is 12.5. The second kappa shape index (κ2) is 8.26. The van der Waals surface area contributed by atoms with E-state index in [4.69, 9.17) is 9.84 Å². The first-order valence-corrected chi connectivity index (χ1v) is 8.98. The highest BCUT2D eigenvalue weighted by atomic mass is 32.2.